The predicted octanol–water partition coefficient (Wildman–Crippen LogP) is 5.54. The van der Waals surface area contributed by atoms with Gasteiger partial charge in [0, 0.05) is 17.8 Å². The topological polar surface area (TPSA) is 88.6 Å². The molecule has 2 heterocycles. The van der Waals surface area contributed by atoms with E-state index in [0.29, 0.717) is 34.7 Å². The number of amides is 1. The maximum absolute atomic E-state index is 13.2. The molecule has 186 valence electrons. The molecule has 2 aromatic carbocycles. The third-order valence-electron chi connectivity index (χ3n) is 5.28. The fourth-order valence-corrected chi connectivity index (χ4v) is 6.28. The highest BCUT2D eigenvalue weighted by Gasteiger charge is 2.38. The SMILES string of the molecule is O=C(Nc1ncc(-c2ccc(OC(F)(F)F)cc2)s1)[C@H]1CCCCN1S(=O)(=O)c1ccc(Cl)cc1. The molecule has 1 atom stereocenters. The number of alkyl halides is 3. The number of nitrogens with one attached hydrogen (secondary N) is 1. The number of aromatic nitrogens is 1. The van der Waals surface area contributed by atoms with Gasteiger partial charge in [0.1, 0.15) is 11.8 Å². The van der Waals surface area contributed by atoms with Crippen molar-refractivity contribution >= 4 is 44.0 Å². The summed E-state index contributed by atoms with van der Waals surface area (Å²) in [5.74, 6) is -0.851. The van der Waals surface area contributed by atoms with Crippen LogP contribution in [0, 0.1) is 0 Å². The van der Waals surface area contributed by atoms with Gasteiger partial charge < -0.3 is 10.1 Å². The number of halogens is 4. The zero-order valence-corrected chi connectivity index (χ0v) is 20.3. The van der Waals surface area contributed by atoms with Crippen LogP contribution < -0.4 is 10.1 Å². The van der Waals surface area contributed by atoms with Crippen LogP contribution >= 0.6 is 22.9 Å². The molecule has 0 unspecified atom stereocenters. The summed E-state index contributed by atoms with van der Waals surface area (Å²) in [6.07, 6.45) is -1.62. The summed E-state index contributed by atoms with van der Waals surface area (Å²) < 4.78 is 68.4. The molecule has 1 aliphatic rings. The third-order valence-corrected chi connectivity index (χ3v) is 8.42. The molecule has 0 saturated carbocycles. The summed E-state index contributed by atoms with van der Waals surface area (Å²) in [7, 11) is -3.92. The van der Waals surface area contributed by atoms with Crippen molar-refractivity contribution in [1.29, 1.82) is 0 Å². The minimum atomic E-state index is -4.78. The van der Waals surface area contributed by atoms with Gasteiger partial charge in [0.25, 0.3) is 0 Å². The zero-order chi connectivity index (χ0) is 25.2. The first-order valence-electron chi connectivity index (χ1n) is 10.4. The van der Waals surface area contributed by atoms with Gasteiger partial charge in [-0.2, -0.15) is 4.31 Å². The minimum Gasteiger partial charge on any atom is -0.406 e. The van der Waals surface area contributed by atoms with Crippen molar-refractivity contribution in [3.63, 3.8) is 0 Å². The van der Waals surface area contributed by atoms with Crippen LogP contribution in [0.5, 0.6) is 5.75 Å². The van der Waals surface area contributed by atoms with Gasteiger partial charge in [0.05, 0.1) is 9.77 Å². The van der Waals surface area contributed by atoms with Gasteiger partial charge in [-0.05, 0) is 66.9 Å². The molecule has 1 N–H and O–H groups in total. The Balaban J connectivity index is 1.48. The second-order valence-corrected chi connectivity index (χ2v) is 11.0. The molecular formula is C22H19ClF3N3O4S2. The van der Waals surface area contributed by atoms with E-state index in [-0.39, 0.29) is 22.3 Å². The Morgan fingerprint density at radius 3 is 2.46 bits per heavy atom. The molecule has 1 fully saturated rings. The largest absolute Gasteiger partial charge is 0.573 e. The summed E-state index contributed by atoms with van der Waals surface area (Å²) in [6, 6.07) is 10.1. The zero-order valence-electron chi connectivity index (χ0n) is 18.0. The van der Waals surface area contributed by atoms with Crippen LogP contribution in [0.3, 0.4) is 0 Å². The molecule has 0 aliphatic carbocycles. The van der Waals surface area contributed by atoms with Crippen LogP contribution in [0.4, 0.5) is 18.3 Å². The second kappa shape index (κ2) is 10.1. The normalized spacial score (nSPS) is 17.2. The van der Waals surface area contributed by atoms with E-state index in [1.807, 2.05) is 0 Å². The number of piperidine rings is 1. The van der Waals surface area contributed by atoms with Crippen LogP contribution in [0.25, 0.3) is 10.4 Å². The smallest absolute Gasteiger partial charge is 0.406 e. The van der Waals surface area contributed by atoms with Gasteiger partial charge >= 0.3 is 6.36 Å². The van der Waals surface area contributed by atoms with E-state index in [2.05, 4.69) is 15.0 Å². The van der Waals surface area contributed by atoms with Gasteiger partial charge in [-0.15, -0.1) is 13.2 Å². The van der Waals surface area contributed by atoms with Gasteiger partial charge in [-0.25, -0.2) is 13.4 Å². The van der Waals surface area contributed by atoms with Gasteiger partial charge in [-0.3, -0.25) is 4.79 Å². The minimum absolute atomic E-state index is 0.0519. The molecule has 0 radical (unpaired) electrons. The number of anilines is 1. The van der Waals surface area contributed by atoms with Crippen molar-refractivity contribution in [2.24, 2.45) is 0 Å². The molecule has 7 nitrogen and oxygen atoms in total. The maximum Gasteiger partial charge on any atom is 0.573 e. The number of thiazole rings is 1. The predicted molar refractivity (Wildman–Crippen MR) is 126 cm³/mol. The van der Waals surface area contributed by atoms with Crippen molar-refractivity contribution in [2.45, 2.75) is 36.6 Å². The van der Waals surface area contributed by atoms with E-state index >= 15 is 0 Å². The standard InChI is InChI=1S/C22H19ClF3N3O4S2/c23-15-6-10-17(11-7-15)35(31,32)29-12-2-1-3-18(29)20(30)28-21-27-13-19(34-21)14-4-8-16(9-5-14)33-22(24,25)26/h4-11,13,18H,1-3,12H2,(H,27,28,30)/t18-/m1/s1. The van der Waals surface area contributed by atoms with Crippen molar-refractivity contribution in [3.8, 4) is 16.2 Å². The number of carbonyl (C=O) groups excluding carboxylic acids is 1. The summed E-state index contributed by atoms with van der Waals surface area (Å²) in [5, 5.41) is 3.32. The average Bonchev–Trinajstić information content (AvgIpc) is 3.27. The Labute approximate surface area is 208 Å². The lowest BCUT2D eigenvalue weighted by molar-refractivity contribution is -0.274. The summed E-state index contributed by atoms with van der Waals surface area (Å²) in [6.45, 7) is 0.207. The number of hydrogen-bond donors (Lipinski definition) is 1. The monoisotopic (exact) mass is 545 g/mol. The van der Waals surface area contributed by atoms with Gasteiger partial charge in [-0.1, -0.05) is 29.4 Å². The molecular weight excluding hydrogens is 527 g/mol. The van der Waals surface area contributed by atoms with Crippen molar-refractivity contribution in [3.05, 3.63) is 59.8 Å². The molecule has 3 aromatic rings. The highest BCUT2D eigenvalue weighted by Crippen LogP contribution is 2.32. The Morgan fingerprint density at radius 1 is 1.11 bits per heavy atom. The number of carbonyl (C=O) groups is 1. The van der Waals surface area contributed by atoms with Gasteiger partial charge in [0.2, 0.25) is 15.9 Å². The second-order valence-electron chi connectivity index (χ2n) is 7.67. The number of rotatable bonds is 6. The number of hydrogen-bond acceptors (Lipinski definition) is 6. The number of sulfonamides is 1. The Kier molecular flexibility index (Phi) is 7.36. The summed E-state index contributed by atoms with van der Waals surface area (Å²) in [5.41, 5.74) is 0.585. The first kappa shape index (κ1) is 25.4. The van der Waals surface area contributed by atoms with Crippen molar-refractivity contribution in [1.82, 2.24) is 9.29 Å². The number of ether oxygens (including phenoxy) is 1. The van der Waals surface area contributed by atoms with E-state index in [4.69, 9.17) is 11.6 Å². The summed E-state index contributed by atoms with van der Waals surface area (Å²) >= 11 is 6.98. The lowest BCUT2D eigenvalue weighted by Gasteiger charge is -2.33. The lowest BCUT2D eigenvalue weighted by atomic mass is 10.0. The number of nitrogens with zero attached hydrogens (tertiary/aromatic N) is 2. The molecule has 0 spiro atoms. The van der Waals surface area contributed by atoms with Crippen molar-refractivity contribution < 1.29 is 31.1 Å². The fourth-order valence-electron chi connectivity index (χ4n) is 3.67. The Bertz CT molecular complexity index is 1300. The maximum atomic E-state index is 13.2. The first-order valence-corrected chi connectivity index (χ1v) is 13.1. The molecule has 0 bridgehead atoms. The third kappa shape index (κ3) is 6.13. The fraction of sp³-hybridized carbons (Fsp3) is 0.273. The summed E-state index contributed by atoms with van der Waals surface area (Å²) in [4.78, 5) is 17.9. The van der Waals surface area contributed by atoms with Crippen molar-refractivity contribution in [2.75, 3.05) is 11.9 Å². The Hall–Kier alpha value is -2.67. The lowest BCUT2D eigenvalue weighted by Crippen LogP contribution is -2.49. The van der Waals surface area contributed by atoms with E-state index in [9.17, 15) is 26.4 Å². The first-order chi connectivity index (χ1) is 16.5. The number of benzene rings is 2. The van der Waals surface area contributed by atoms with E-state index in [1.54, 1.807) is 0 Å². The molecule has 35 heavy (non-hydrogen) atoms. The van der Waals surface area contributed by atoms with Crippen LogP contribution in [0.2, 0.25) is 5.02 Å². The highest BCUT2D eigenvalue weighted by atomic mass is 35.5. The molecule has 1 amide bonds. The van der Waals surface area contributed by atoms with Gasteiger partial charge in [0.15, 0.2) is 5.13 Å². The van der Waals surface area contributed by atoms with E-state index in [1.165, 1.54) is 59.0 Å². The average molecular weight is 546 g/mol. The van der Waals surface area contributed by atoms with E-state index < -0.39 is 28.3 Å². The van der Waals surface area contributed by atoms with E-state index in [0.717, 1.165) is 11.3 Å². The van der Waals surface area contributed by atoms with Crippen LogP contribution in [-0.4, -0.2) is 42.6 Å². The molecule has 13 heteroatoms. The molecule has 4 rings (SSSR count). The molecule has 1 aromatic heterocycles. The van der Waals surface area contributed by atoms with Crippen LogP contribution in [0.1, 0.15) is 19.3 Å². The van der Waals surface area contributed by atoms with Crippen LogP contribution in [-0.2, 0) is 14.8 Å². The molecule has 1 saturated heterocycles. The Morgan fingerprint density at radius 2 is 1.80 bits per heavy atom. The van der Waals surface area contributed by atoms with Crippen LogP contribution in [0.15, 0.2) is 59.6 Å². The quantitative estimate of drug-likeness (QED) is 0.439. The molecule has 1 aliphatic heterocycles. The highest BCUT2D eigenvalue weighted by molar-refractivity contribution is 7.89.